The zero-order valence-electron chi connectivity index (χ0n) is 13.9. The molecular formula is C18H21F2N3O2. The van der Waals surface area contributed by atoms with Crippen LogP contribution in [0, 0.1) is 11.8 Å². The van der Waals surface area contributed by atoms with E-state index in [0.717, 1.165) is 18.5 Å². The van der Waals surface area contributed by atoms with E-state index in [1.807, 2.05) is 17.0 Å². The number of carbonyl (C=O) groups is 2. The van der Waals surface area contributed by atoms with Gasteiger partial charge in [-0.25, -0.2) is 13.6 Å². The van der Waals surface area contributed by atoms with Crippen LogP contribution >= 0.6 is 0 Å². The van der Waals surface area contributed by atoms with Crippen molar-refractivity contribution in [2.75, 3.05) is 25.0 Å². The molecule has 134 valence electrons. The molecule has 4 rings (SSSR count). The molecule has 0 aromatic heterocycles. The molecule has 0 radical (unpaired) electrons. The van der Waals surface area contributed by atoms with Gasteiger partial charge in [0, 0.05) is 50.6 Å². The van der Waals surface area contributed by atoms with Crippen LogP contribution in [-0.2, 0) is 11.3 Å². The Morgan fingerprint density at radius 1 is 1.24 bits per heavy atom. The smallest absolute Gasteiger partial charge is 0.321 e. The van der Waals surface area contributed by atoms with Crippen molar-refractivity contribution in [1.82, 2.24) is 9.80 Å². The molecule has 0 spiro atoms. The molecule has 1 saturated carbocycles. The van der Waals surface area contributed by atoms with E-state index in [1.54, 1.807) is 12.1 Å². The fourth-order valence-electron chi connectivity index (χ4n) is 4.05. The fourth-order valence-corrected chi connectivity index (χ4v) is 4.05. The highest BCUT2D eigenvalue weighted by atomic mass is 19.3. The van der Waals surface area contributed by atoms with E-state index in [4.69, 9.17) is 0 Å². The molecular weight excluding hydrogens is 328 g/mol. The molecule has 3 amide bonds. The van der Waals surface area contributed by atoms with Crippen molar-refractivity contribution in [3.05, 3.63) is 29.8 Å². The monoisotopic (exact) mass is 349 g/mol. The van der Waals surface area contributed by atoms with Crippen LogP contribution < -0.4 is 5.32 Å². The minimum absolute atomic E-state index is 0.0684. The summed E-state index contributed by atoms with van der Waals surface area (Å²) in [5.41, 5.74) is 1.64. The van der Waals surface area contributed by atoms with Crippen molar-refractivity contribution in [3.63, 3.8) is 0 Å². The number of alkyl halides is 2. The van der Waals surface area contributed by atoms with Gasteiger partial charge in [-0.3, -0.25) is 4.79 Å². The van der Waals surface area contributed by atoms with Crippen LogP contribution in [0.2, 0.25) is 0 Å². The van der Waals surface area contributed by atoms with Crippen molar-refractivity contribution >= 4 is 17.6 Å². The summed E-state index contributed by atoms with van der Waals surface area (Å²) in [6, 6.07) is 7.00. The quantitative estimate of drug-likeness (QED) is 0.912. The Bertz CT molecular complexity index is 692. The lowest BCUT2D eigenvalue weighted by atomic mass is 9.72. The Kier molecular flexibility index (Phi) is 3.89. The van der Waals surface area contributed by atoms with Gasteiger partial charge in [0.1, 0.15) is 0 Å². The standard InChI is InChI=1S/C18H21F2N3O2/c19-18(20)8-13-10-23(11-15(13)18)17(25)21-14-5-3-12(4-6-14)9-22-7-1-2-16(22)24/h3-6,13,15H,1-2,7-11H2,(H,21,25). The zero-order valence-corrected chi connectivity index (χ0v) is 13.9. The van der Waals surface area contributed by atoms with Crippen molar-refractivity contribution < 1.29 is 18.4 Å². The van der Waals surface area contributed by atoms with Crippen LogP contribution in [0.3, 0.4) is 0 Å². The number of nitrogens with zero attached hydrogens (tertiary/aromatic N) is 2. The lowest BCUT2D eigenvalue weighted by Crippen LogP contribution is -2.46. The van der Waals surface area contributed by atoms with Gasteiger partial charge in [0.05, 0.1) is 0 Å². The Labute approximate surface area is 145 Å². The van der Waals surface area contributed by atoms with Crippen LogP contribution in [0.25, 0.3) is 0 Å². The van der Waals surface area contributed by atoms with Gasteiger partial charge < -0.3 is 15.1 Å². The van der Waals surface area contributed by atoms with Gasteiger partial charge in [0.25, 0.3) is 5.92 Å². The molecule has 1 aromatic carbocycles. The summed E-state index contributed by atoms with van der Waals surface area (Å²) in [4.78, 5) is 27.2. The van der Waals surface area contributed by atoms with Crippen LogP contribution in [-0.4, -0.2) is 47.3 Å². The molecule has 1 aromatic rings. The number of anilines is 1. The number of amides is 3. The maximum atomic E-state index is 13.4. The summed E-state index contributed by atoms with van der Waals surface area (Å²) >= 11 is 0. The summed E-state index contributed by atoms with van der Waals surface area (Å²) in [5.74, 6) is -3.19. The Morgan fingerprint density at radius 2 is 2.00 bits per heavy atom. The van der Waals surface area contributed by atoms with Gasteiger partial charge in [-0.1, -0.05) is 12.1 Å². The first-order valence-electron chi connectivity index (χ1n) is 8.73. The van der Waals surface area contributed by atoms with Crippen molar-refractivity contribution in [3.8, 4) is 0 Å². The first kappa shape index (κ1) is 16.3. The molecule has 2 unspecified atom stereocenters. The zero-order chi connectivity index (χ0) is 17.6. The summed E-state index contributed by atoms with van der Waals surface area (Å²) in [5, 5.41) is 2.77. The number of nitrogens with one attached hydrogen (secondary N) is 1. The van der Waals surface area contributed by atoms with E-state index in [-0.39, 0.29) is 30.8 Å². The number of benzene rings is 1. The third-order valence-electron chi connectivity index (χ3n) is 5.56. The number of urea groups is 1. The molecule has 25 heavy (non-hydrogen) atoms. The fraction of sp³-hybridized carbons (Fsp3) is 0.556. The molecule has 7 heteroatoms. The Balaban J connectivity index is 1.32. The molecule has 5 nitrogen and oxygen atoms in total. The molecule has 2 atom stereocenters. The second kappa shape index (κ2) is 5.97. The SMILES string of the molecule is O=C1CCCN1Cc1ccc(NC(=O)N2CC3CC(F)(F)C3C2)cc1. The van der Waals surface area contributed by atoms with Crippen LogP contribution in [0.1, 0.15) is 24.8 Å². The predicted molar refractivity (Wildman–Crippen MR) is 88.2 cm³/mol. The topological polar surface area (TPSA) is 52.7 Å². The van der Waals surface area contributed by atoms with Gasteiger partial charge in [-0.15, -0.1) is 0 Å². The molecule has 1 aliphatic carbocycles. The number of fused-ring (bicyclic) bond motifs is 1. The molecule has 2 heterocycles. The summed E-state index contributed by atoms with van der Waals surface area (Å²) < 4.78 is 26.8. The first-order chi connectivity index (χ1) is 11.9. The number of rotatable bonds is 3. The first-order valence-corrected chi connectivity index (χ1v) is 8.73. The highest BCUT2D eigenvalue weighted by Gasteiger charge is 2.60. The minimum Gasteiger partial charge on any atom is -0.338 e. The average molecular weight is 349 g/mol. The number of carbonyl (C=O) groups excluding carboxylic acids is 2. The molecule has 3 aliphatic rings. The maximum Gasteiger partial charge on any atom is 0.321 e. The normalized spacial score (nSPS) is 27.2. The average Bonchev–Trinajstić information content (AvgIpc) is 3.14. The Hall–Kier alpha value is -2.18. The van der Waals surface area contributed by atoms with E-state index in [0.29, 0.717) is 25.2 Å². The number of hydrogen-bond donors (Lipinski definition) is 1. The largest absolute Gasteiger partial charge is 0.338 e. The van der Waals surface area contributed by atoms with E-state index < -0.39 is 11.8 Å². The van der Waals surface area contributed by atoms with Gasteiger partial charge in [0.2, 0.25) is 5.91 Å². The summed E-state index contributed by atoms with van der Waals surface area (Å²) in [6.07, 6.45) is 1.42. The number of hydrogen-bond acceptors (Lipinski definition) is 2. The maximum absolute atomic E-state index is 13.4. The second-order valence-corrected chi connectivity index (χ2v) is 7.28. The molecule has 3 fully saturated rings. The lowest BCUT2D eigenvalue weighted by Gasteiger charge is -2.38. The Morgan fingerprint density at radius 3 is 2.60 bits per heavy atom. The predicted octanol–water partition coefficient (Wildman–Crippen LogP) is 2.93. The van der Waals surface area contributed by atoms with E-state index >= 15 is 0 Å². The molecule has 2 saturated heterocycles. The van der Waals surface area contributed by atoms with Gasteiger partial charge in [0.15, 0.2) is 0 Å². The van der Waals surface area contributed by atoms with Crippen molar-refractivity contribution in [2.45, 2.75) is 31.7 Å². The van der Waals surface area contributed by atoms with Crippen LogP contribution in [0.5, 0.6) is 0 Å². The van der Waals surface area contributed by atoms with Crippen LogP contribution in [0.4, 0.5) is 19.3 Å². The molecule has 2 aliphatic heterocycles. The number of likely N-dealkylation sites (tertiary alicyclic amines) is 2. The lowest BCUT2D eigenvalue weighted by molar-refractivity contribution is -0.152. The highest BCUT2D eigenvalue weighted by molar-refractivity contribution is 5.89. The third-order valence-corrected chi connectivity index (χ3v) is 5.56. The molecule has 1 N–H and O–H groups in total. The van der Waals surface area contributed by atoms with Crippen molar-refractivity contribution in [2.24, 2.45) is 11.8 Å². The third kappa shape index (κ3) is 3.07. The van der Waals surface area contributed by atoms with Gasteiger partial charge in [-0.05, 0) is 30.0 Å². The minimum atomic E-state index is -2.62. The summed E-state index contributed by atoms with van der Waals surface area (Å²) in [7, 11) is 0. The van der Waals surface area contributed by atoms with Crippen LogP contribution in [0.15, 0.2) is 24.3 Å². The second-order valence-electron chi connectivity index (χ2n) is 7.28. The van der Waals surface area contributed by atoms with E-state index in [1.165, 1.54) is 4.90 Å². The highest BCUT2D eigenvalue weighted by Crippen LogP contribution is 2.52. The van der Waals surface area contributed by atoms with Gasteiger partial charge >= 0.3 is 6.03 Å². The molecule has 0 bridgehead atoms. The van der Waals surface area contributed by atoms with E-state index in [2.05, 4.69) is 5.32 Å². The van der Waals surface area contributed by atoms with Gasteiger partial charge in [-0.2, -0.15) is 0 Å². The van der Waals surface area contributed by atoms with Crippen molar-refractivity contribution in [1.29, 1.82) is 0 Å². The van der Waals surface area contributed by atoms with E-state index in [9.17, 15) is 18.4 Å². The number of halogens is 2. The summed E-state index contributed by atoms with van der Waals surface area (Å²) in [6.45, 7) is 1.90.